The Morgan fingerprint density at radius 1 is 1.14 bits per heavy atom. The van der Waals surface area contributed by atoms with Crippen molar-refractivity contribution in [1.29, 1.82) is 0 Å². The van der Waals surface area contributed by atoms with Gasteiger partial charge in [0, 0.05) is 37.4 Å². The molecule has 4 rings (SSSR count). The molecular weight excluding hydrogens is 462 g/mol. The minimum absolute atomic E-state index is 0.157. The topological polar surface area (TPSA) is 94.6 Å². The van der Waals surface area contributed by atoms with Gasteiger partial charge in [0.05, 0.1) is 28.6 Å². The molecule has 182 valence electrons. The van der Waals surface area contributed by atoms with Gasteiger partial charge in [0.15, 0.2) is 5.82 Å². The van der Waals surface area contributed by atoms with Gasteiger partial charge < -0.3 is 20.6 Å². The van der Waals surface area contributed by atoms with Crippen LogP contribution in [-0.4, -0.2) is 71.5 Å². The van der Waals surface area contributed by atoms with E-state index in [-0.39, 0.29) is 11.8 Å². The summed E-state index contributed by atoms with van der Waals surface area (Å²) >= 11 is 6.58. The van der Waals surface area contributed by atoms with Gasteiger partial charge in [-0.2, -0.15) is 0 Å². The average Bonchev–Trinajstić information content (AvgIpc) is 3.02. The van der Waals surface area contributed by atoms with Crippen LogP contribution in [0.3, 0.4) is 0 Å². The number of phenols is 1. The third-order valence-electron chi connectivity index (χ3n) is 6.04. The number of hydrogen-bond acceptors (Lipinski definition) is 8. The van der Waals surface area contributed by atoms with E-state index in [0.29, 0.717) is 34.3 Å². The summed E-state index contributed by atoms with van der Waals surface area (Å²) in [5.74, 6) is 6.79. The van der Waals surface area contributed by atoms with Crippen LogP contribution >= 0.6 is 11.6 Å². The molecule has 0 spiro atoms. The lowest BCUT2D eigenvalue weighted by atomic mass is 10.1. The van der Waals surface area contributed by atoms with Crippen molar-refractivity contribution >= 4 is 28.8 Å². The van der Waals surface area contributed by atoms with Gasteiger partial charge in [0.2, 0.25) is 0 Å². The lowest BCUT2D eigenvalue weighted by Gasteiger charge is -2.30. The van der Waals surface area contributed by atoms with E-state index >= 15 is 0 Å². The molecule has 9 heteroatoms. The van der Waals surface area contributed by atoms with Crippen molar-refractivity contribution in [2.75, 3.05) is 55.8 Å². The Hall–Kier alpha value is -3.54. The van der Waals surface area contributed by atoms with Crippen LogP contribution in [-0.2, 0) is 0 Å². The predicted octanol–water partition coefficient (Wildman–Crippen LogP) is 3.50. The van der Waals surface area contributed by atoms with Crippen LogP contribution in [0.2, 0.25) is 5.02 Å². The van der Waals surface area contributed by atoms with E-state index in [9.17, 15) is 5.11 Å². The molecule has 0 radical (unpaired) electrons. The van der Waals surface area contributed by atoms with Crippen molar-refractivity contribution in [2.45, 2.75) is 19.4 Å². The SMILES string of the molecule is CC1CCN(c2cc(-c3ccccc3O)nnc2N)CCN1c1cc(C#CCN(C)C)ncc1Cl. The summed E-state index contributed by atoms with van der Waals surface area (Å²) in [6, 6.07) is 11.2. The number of benzene rings is 1. The Labute approximate surface area is 211 Å². The predicted molar refractivity (Wildman–Crippen MR) is 142 cm³/mol. The molecule has 0 bridgehead atoms. The molecule has 1 fully saturated rings. The number of para-hydroxylation sites is 1. The smallest absolute Gasteiger partial charge is 0.169 e. The number of nitrogen functional groups attached to an aromatic ring is 1. The van der Waals surface area contributed by atoms with Crippen molar-refractivity contribution < 1.29 is 5.11 Å². The molecule has 1 atom stereocenters. The van der Waals surface area contributed by atoms with Gasteiger partial charge in [-0.3, -0.25) is 4.90 Å². The van der Waals surface area contributed by atoms with Crippen LogP contribution in [0.5, 0.6) is 5.75 Å². The van der Waals surface area contributed by atoms with E-state index in [4.69, 9.17) is 17.3 Å². The Morgan fingerprint density at radius 2 is 1.94 bits per heavy atom. The first-order chi connectivity index (χ1) is 16.8. The third kappa shape index (κ3) is 5.76. The molecule has 1 unspecified atom stereocenters. The Bertz CT molecular complexity index is 1250. The van der Waals surface area contributed by atoms with Crippen molar-refractivity contribution in [3.63, 3.8) is 0 Å². The van der Waals surface area contributed by atoms with E-state index in [1.165, 1.54) is 0 Å². The highest BCUT2D eigenvalue weighted by molar-refractivity contribution is 6.33. The lowest BCUT2D eigenvalue weighted by molar-refractivity contribution is 0.464. The van der Waals surface area contributed by atoms with Crippen LogP contribution < -0.4 is 15.5 Å². The number of nitrogens with two attached hydrogens (primary N) is 1. The third-order valence-corrected chi connectivity index (χ3v) is 6.33. The average molecular weight is 492 g/mol. The summed E-state index contributed by atoms with van der Waals surface area (Å²) < 4.78 is 0. The van der Waals surface area contributed by atoms with Gasteiger partial charge in [-0.05, 0) is 57.6 Å². The largest absolute Gasteiger partial charge is 0.507 e. The van der Waals surface area contributed by atoms with Crippen LogP contribution in [0.4, 0.5) is 17.2 Å². The minimum Gasteiger partial charge on any atom is -0.507 e. The normalized spacial score (nSPS) is 16.1. The standard InChI is InChI=1S/C26H30ClN7O/c1-18-10-12-33(24-16-22(30-31-26(24)28)20-8-4-5-9-25(20)35)13-14-34(18)23-15-19(29-17-21(23)27)7-6-11-32(2)3/h4-5,8-9,15-18,35H,10-14H2,1-3H3,(H2,28,31). The molecular formula is C26H30ClN7O. The molecule has 3 aromatic rings. The quantitative estimate of drug-likeness (QED) is 0.535. The fourth-order valence-corrected chi connectivity index (χ4v) is 4.34. The van der Waals surface area contributed by atoms with E-state index in [1.807, 2.05) is 43.3 Å². The number of nitrogens with zero attached hydrogens (tertiary/aromatic N) is 6. The first kappa shape index (κ1) is 24.6. The number of halogens is 1. The molecule has 1 aliphatic rings. The first-order valence-corrected chi connectivity index (χ1v) is 11.9. The minimum atomic E-state index is 0.157. The summed E-state index contributed by atoms with van der Waals surface area (Å²) in [5, 5.41) is 19.3. The zero-order chi connectivity index (χ0) is 24.9. The second-order valence-corrected chi connectivity index (χ2v) is 9.30. The number of rotatable bonds is 4. The maximum Gasteiger partial charge on any atom is 0.169 e. The maximum absolute atomic E-state index is 10.3. The van der Waals surface area contributed by atoms with Crippen LogP contribution in [0.25, 0.3) is 11.3 Å². The van der Waals surface area contributed by atoms with Gasteiger partial charge in [-0.25, -0.2) is 4.98 Å². The molecule has 8 nitrogen and oxygen atoms in total. The maximum atomic E-state index is 10.3. The lowest BCUT2D eigenvalue weighted by Crippen LogP contribution is -2.35. The van der Waals surface area contributed by atoms with Gasteiger partial charge in [-0.1, -0.05) is 29.7 Å². The molecule has 35 heavy (non-hydrogen) atoms. The molecule has 2 aromatic heterocycles. The number of pyridine rings is 1. The zero-order valence-corrected chi connectivity index (χ0v) is 21.0. The molecule has 1 aromatic carbocycles. The van der Waals surface area contributed by atoms with Crippen LogP contribution in [0, 0.1) is 11.8 Å². The summed E-state index contributed by atoms with van der Waals surface area (Å²) in [6.07, 6.45) is 2.57. The molecule has 3 heterocycles. The van der Waals surface area contributed by atoms with Gasteiger partial charge in [-0.15, -0.1) is 10.2 Å². The number of aromatic hydroxyl groups is 1. The molecule has 1 aliphatic heterocycles. The molecule has 1 saturated heterocycles. The van der Waals surface area contributed by atoms with Crippen LogP contribution in [0.15, 0.2) is 42.6 Å². The molecule has 3 N–H and O–H groups in total. The van der Waals surface area contributed by atoms with E-state index < -0.39 is 0 Å². The molecule has 0 aliphatic carbocycles. The van der Waals surface area contributed by atoms with E-state index in [1.54, 1.807) is 18.3 Å². The van der Waals surface area contributed by atoms with E-state index in [2.05, 4.69) is 43.7 Å². The Balaban J connectivity index is 1.58. The Kier molecular flexibility index (Phi) is 7.59. The number of aromatic nitrogens is 3. The first-order valence-electron chi connectivity index (χ1n) is 11.6. The van der Waals surface area contributed by atoms with Gasteiger partial charge >= 0.3 is 0 Å². The highest BCUT2D eigenvalue weighted by Gasteiger charge is 2.25. The second kappa shape index (κ2) is 10.8. The zero-order valence-electron chi connectivity index (χ0n) is 20.2. The highest BCUT2D eigenvalue weighted by atomic mass is 35.5. The fourth-order valence-electron chi connectivity index (χ4n) is 4.13. The Morgan fingerprint density at radius 3 is 2.71 bits per heavy atom. The van der Waals surface area contributed by atoms with Gasteiger partial charge in [0.25, 0.3) is 0 Å². The number of anilines is 3. The van der Waals surface area contributed by atoms with Crippen molar-refractivity contribution in [3.05, 3.63) is 53.3 Å². The molecule has 0 amide bonds. The number of hydrogen-bond donors (Lipinski definition) is 2. The second-order valence-electron chi connectivity index (χ2n) is 8.90. The van der Waals surface area contributed by atoms with E-state index in [0.717, 1.165) is 37.4 Å². The van der Waals surface area contributed by atoms with Crippen LogP contribution in [0.1, 0.15) is 19.0 Å². The van der Waals surface area contributed by atoms with Crippen molar-refractivity contribution in [2.24, 2.45) is 0 Å². The summed E-state index contributed by atoms with van der Waals surface area (Å²) in [4.78, 5) is 10.9. The van der Waals surface area contributed by atoms with Crippen molar-refractivity contribution in [1.82, 2.24) is 20.1 Å². The highest BCUT2D eigenvalue weighted by Crippen LogP contribution is 2.33. The fraction of sp³-hybridized carbons (Fsp3) is 0.346. The van der Waals surface area contributed by atoms with Crippen molar-refractivity contribution in [3.8, 4) is 28.8 Å². The van der Waals surface area contributed by atoms with Gasteiger partial charge in [0.1, 0.15) is 11.4 Å². The summed E-state index contributed by atoms with van der Waals surface area (Å²) in [5.41, 5.74) is 9.89. The monoisotopic (exact) mass is 491 g/mol. The number of phenolic OH excluding ortho intramolecular Hbond substituents is 1. The summed E-state index contributed by atoms with van der Waals surface area (Å²) in [7, 11) is 3.97. The summed E-state index contributed by atoms with van der Waals surface area (Å²) in [6.45, 7) is 5.12. The molecule has 0 saturated carbocycles.